The van der Waals surface area contributed by atoms with Gasteiger partial charge < -0.3 is 19.5 Å². The molecule has 2 aromatic rings. The molecule has 2 rings (SSSR count). The number of halogens is 1. The van der Waals surface area contributed by atoms with Crippen LogP contribution in [-0.4, -0.2) is 32.8 Å². The van der Waals surface area contributed by atoms with Crippen molar-refractivity contribution in [2.45, 2.75) is 12.8 Å². The number of carbonyl (C=O) groups is 1. The van der Waals surface area contributed by atoms with Crippen molar-refractivity contribution in [2.75, 3.05) is 26.8 Å². The van der Waals surface area contributed by atoms with Gasteiger partial charge in [0.2, 0.25) is 0 Å². The summed E-state index contributed by atoms with van der Waals surface area (Å²) < 4.78 is 29.1. The van der Waals surface area contributed by atoms with Gasteiger partial charge in [0.1, 0.15) is 23.1 Å². The first kappa shape index (κ1) is 18.7. The molecule has 5 nitrogen and oxygen atoms in total. The highest BCUT2D eigenvalue weighted by molar-refractivity contribution is 5.69. The molecule has 0 aromatic heterocycles. The highest BCUT2D eigenvalue weighted by atomic mass is 19.1. The van der Waals surface area contributed by atoms with Crippen LogP contribution in [0.25, 0.3) is 0 Å². The van der Waals surface area contributed by atoms with Crippen LogP contribution in [0.15, 0.2) is 48.5 Å². The number of nitrogens with one attached hydrogen (secondary N) is 1. The van der Waals surface area contributed by atoms with E-state index >= 15 is 0 Å². The van der Waals surface area contributed by atoms with Gasteiger partial charge in [-0.15, -0.1) is 0 Å². The number of hydrogen-bond acceptors (Lipinski definition) is 5. The van der Waals surface area contributed by atoms with Gasteiger partial charge in [-0.2, -0.15) is 0 Å². The van der Waals surface area contributed by atoms with E-state index in [1.54, 1.807) is 43.4 Å². The van der Waals surface area contributed by atoms with E-state index in [9.17, 15) is 9.18 Å². The molecule has 0 fully saturated rings. The molecule has 1 N–H and O–H groups in total. The maximum absolute atomic E-state index is 12.8. The summed E-state index contributed by atoms with van der Waals surface area (Å²) in [6, 6.07) is 13.0. The first-order valence-electron chi connectivity index (χ1n) is 8.14. The van der Waals surface area contributed by atoms with Crippen LogP contribution in [0.1, 0.15) is 12.8 Å². The minimum absolute atomic E-state index is 0.211. The van der Waals surface area contributed by atoms with Gasteiger partial charge in [0.15, 0.2) is 0 Å². The van der Waals surface area contributed by atoms with E-state index in [4.69, 9.17) is 14.2 Å². The Bertz CT molecular complexity index is 643. The van der Waals surface area contributed by atoms with Gasteiger partial charge in [0, 0.05) is 13.0 Å². The number of carbonyl (C=O) groups excluding carboxylic acids is 1. The minimum atomic E-state index is -0.302. The summed E-state index contributed by atoms with van der Waals surface area (Å²) in [4.78, 5) is 11.3. The number of ether oxygens (including phenoxy) is 3. The molecule has 0 aliphatic heterocycles. The van der Waals surface area contributed by atoms with Gasteiger partial charge in [-0.25, -0.2) is 4.39 Å². The summed E-state index contributed by atoms with van der Waals surface area (Å²) >= 11 is 0. The van der Waals surface area contributed by atoms with Gasteiger partial charge in [-0.1, -0.05) is 0 Å². The van der Waals surface area contributed by atoms with E-state index in [2.05, 4.69) is 5.32 Å². The quantitative estimate of drug-likeness (QED) is 0.526. The molecule has 25 heavy (non-hydrogen) atoms. The average Bonchev–Trinajstić information content (AvgIpc) is 2.63. The predicted molar refractivity (Wildman–Crippen MR) is 92.5 cm³/mol. The fourth-order valence-electron chi connectivity index (χ4n) is 1.98. The summed E-state index contributed by atoms with van der Waals surface area (Å²) in [7, 11) is 1.79. The summed E-state index contributed by atoms with van der Waals surface area (Å²) in [5.74, 6) is 1.39. The van der Waals surface area contributed by atoms with Crippen LogP contribution in [0.4, 0.5) is 4.39 Å². The van der Waals surface area contributed by atoms with Crippen molar-refractivity contribution in [3.63, 3.8) is 0 Å². The lowest BCUT2D eigenvalue weighted by Gasteiger charge is -2.09. The zero-order valence-corrected chi connectivity index (χ0v) is 14.2. The molecule has 0 aliphatic rings. The van der Waals surface area contributed by atoms with E-state index < -0.39 is 0 Å². The molecule has 0 heterocycles. The van der Waals surface area contributed by atoms with Crippen LogP contribution in [0.2, 0.25) is 0 Å². The van der Waals surface area contributed by atoms with Crippen molar-refractivity contribution >= 4 is 5.97 Å². The Morgan fingerprint density at radius 3 is 2.20 bits per heavy atom. The Hall–Kier alpha value is -2.60. The molecular formula is C19H22FNO4. The smallest absolute Gasteiger partial charge is 0.307 e. The molecule has 2 aromatic carbocycles. The monoisotopic (exact) mass is 347 g/mol. The van der Waals surface area contributed by atoms with Crippen molar-refractivity contribution in [1.29, 1.82) is 0 Å². The second-order valence-electron chi connectivity index (χ2n) is 5.30. The van der Waals surface area contributed by atoms with Crippen molar-refractivity contribution in [3.05, 3.63) is 54.3 Å². The fraction of sp³-hybridized carbons (Fsp3) is 0.316. The van der Waals surface area contributed by atoms with Crippen LogP contribution in [0.3, 0.4) is 0 Å². The Kier molecular flexibility index (Phi) is 7.72. The van der Waals surface area contributed by atoms with Crippen LogP contribution < -0.4 is 14.8 Å². The number of hydrogen-bond donors (Lipinski definition) is 1. The van der Waals surface area contributed by atoms with Crippen molar-refractivity contribution in [1.82, 2.24) is 5.32 Å². The molecule has 0 spiro atoms. The van der Waals surface area contributed by atoms with Gasteiger partial charge >= 0.3 is 5.97 Å². The Morgan fingerprint density at radius 1 is 0.960 bits per heavy atom. The average molecular weight is 347 g/mol. The Balaban J connectivity index is 1.66. The van der Waals surface area contributed by atoms with Gasteiger partial charge in [0.05, 0.1) is 19.6 Å². The molecule has 0 radical (unpaired) electrons. The van der Waals surface area contributed by atoms with Crippen molar-refractivity contribution in [2.24, 2.45) is 0 Å². The molecule has 0 bridgehead atoms. The minimum Gasteiger partial charge on any atom is -0.493 e. The van der Waals surface area contributed by atoms with Gasteiger partial charge in [-0.3, -0.25) is 4.79 Å². The highest BCUT2D eigenvalue weighted by Crippen LogP contribution is 2.24. The SMILES string of the molecule is CNCCC(=O)OCCCOc1ccc(Oc2ccc(F)cc2)cc1. The van der Waals surface area contributed by atoms with E-state index in [-0.39, 0.29) is 11.8 Å². The Labute approximate surface area is 146 Å². The van der Waals surface area contributed by atoms with E-state index in [1.807, 2.05) is 0 Å². The van der Waals surface area contributed by atoms with Crippen molar-refractivity contribution < 1.29 is 23.4 Å². The van der Waals surface area contributed by atoms with Crippen LogP contribution in [0, 0.1) is 5.82 Å². The fourth-order valence-corrected chi connectivity index (χ4v) is 1.98. The molecule has 0 aliphatic carbocycles. The van der Waals surface area contributed by atoms with Crippen LogP contribution in [0.5, 0.6) is 17.2 Å². The third-order valence-corrected chi connectivity index (χ3v) is 3.27. The van der Waals surface area contributed by atoms with E-state index in [0.29, 0.717) is 49.8 Å². The molecule has 0 atom stereocenters. The Morgan fingerprint density at radius 2 is 1.56 bits per heavy atom. The molecule has 0 unspecified atom stereocenters. The normalized spacial score (nSPS) is 10.3. The topological polar surface area (TPSA) is 56.8 Å². The summed E-state index contributed by atoms with van der Waals surface area (Å²) in [6.45, 7) is 1.41. The van der Waals surface area contributed by atoms with Gasteiger partial charge in [0.25, 0.3) is 0 Å². The maximum Gasteiger partial charge on any atom is 0.307 e. The number of benzene rings is 2. The third kappa shape index (κ3) is 7.22. The molecular weight excluding hydrogens is 325 g/mol. The summed E-state index contributed by atoms with van der Waals surface area (Å²) in [6.07, 6.45) is 0.992. The molecule has 0 amide bonds. The summed E-state index contributed by atoms with van der Waals surface area (Å²) in [5.41, 5.74) is 0. The molecule has 0 saturated carbocycles. The first-order valence-corrected chi connectivity index (χ1v) is 8.14. The number of esters is 1. The lowest BCUT2D eigenvalue weighted by Crippen LogP contribution is -2.16. The second-order valence-corrected chi connectivity index (χ2v) is 5.30. The first-order chi connectivity index (χ1) is 12.2. The van der Waals surface area contributed by atoms with Gasteiger partial charge in [-0.05, 0) is 55.6 Å². The third-order valence-electron chi connectivity index (χ3n) is 3.27. The highest BCUT2D eigenvalue weighted by Gasteiger charge is 2.02. The van der Waals surface area contributed by atoms with E-state index in [0.717, 1.165) is 0 Å². The van der Waals surface area contributed by atoms with Crippen LogP contribution >= 0.6 is 0 Å². The number of rotatable bonds is 10. The summed E-state index contributed by atoms with van der Waals surface area (Å²) in [5, 5.41) is 2.89. The van der Waals surface area contributed by atoms with Crippen molar-refractivity contribution in [3.8, 4) is 17.2 Å². The standard InChI is InChI=1S/C19H22FNO4/c1-21-12-11-19(22)24-14-2-13-23-16-7-9-18(10-8-16)25-17-5-3-15(20)4-6-17/h3-10,21H,2,11-14H2,1H3. The zero-order valence-electron chi connectivity index (χ0n) is 14.2. The predicted octanol–water partition coefficient (Wildman–Crippen LogP) is 3.54. The molecule has 0 saturated heterocycles. The molecule has 6 heteroatoms. The lowest BCUT2D eigenvalue weighted by molar-refractivity contribution is -0.143. The maximum atomic E-state index is 12.8. The van der Waals surface area contributed by atoms with Crippen LogP contribution in [-0.2, 0) is 9.53 Å². The largest absolute Gasteiger partial charge is 0.493 e. The second kappa shape index (κ2) is 10.3. The lowest BCUT2D eigenvalue weighted by atomic mass is 10.3. The molecule has 134 valence electrons. The zero-order chi connectivity index (χ0) is 17.9. The van der Waals surface area contributed by atoms with E-state index in [1.165, 1.54) is 12.1 Å².